The molecule has 2 nitrogen and oxygen atoms in total. The van der Waals surface area contributed by atoms with Gasteiger partial charge in [-0.05, 0) is 42.6 Å². The van der Waals surface area contributed by atoms with Crippen molar-refractivity contribution < 1.29 is 5.11 Å². The van der Waals surface area contributed by atoms with Gasteiger partial charge in [-0.2, -0.15) is 0 Å². The van der Waals surface area contributed by atoms with Crippen molar-refractivity contribution in [2.75, 3.05) is 13.1 Å². The first-order chi connectivity index (χ1) is 8.06. The second-order valence-electron chi connectivity index (χ2n) is 4.80. The Labute approximate surface area is 112 Å². The van der Waals surface area contributed by atoms with E-state index in [1.807, 2.05) is 12.1 Å². The molecule has 1 aliphatic heterocycles. The Kier molecular flexibility index (Phi) is 4.31. The van der Waals surface area contributed by atoms with Gasteiger partial charge >= 0.3 is 0 Å². The molecule has 0 bridgehead atoms. The largest absolute Gasteiger partial charge is 0.392 e. The molecule has 0 amide bonds. The van der Waals surface area contributed by atoms with Crippen molar-refractivity contribution in [1.82, 2.24) is 4.90 Å². The summed E-state index contributed by atoms with van der Waals surface area (Å²) in [5.41, 5.74) is 1.03. The number of rotatable bonds is 2. The van der Waals surface area contributed by atoms with Crippen LogP contribution in [0.3, 0.4) is 0 Å². The van der Waals surface area contributed by atoms with Crippen molar-refractivity contribution in [3.05, 3.63) is 33.8 Å². The van der Waals surface area contributed by atoms with E-state index in [2.05, 4.69) is 11.8 Å². The monoisotopic (exact) mass is 273 g/mol. The first-order valence-electron chi connectivity index (χ1n) is 5.90. The normalized spacial score (nSPS) is 26.1. The second-order valence-corrected chi connectivity index (χ2v) is 5.65. The quantitative estimate of drug-likeness (QED) is 0.895. The fourth-order valence-electron chi connectivity index (χ4n) is 2.16. The Hall–Kier alpha value is -0.280. The van der Waals surface area contributed by atoms with E-state index in [1.54, 1.807) is 6.07 Å². The Bertz CT molecular complexity index is 397. The summed E-state index contributed by atoms with van der Waals surface area (Å²) in [5.74, 6) is 0.390. The molecule has 1 fully saturated rings. The average Bonchev–Trinajstić information content (AvgIpc) is 2.29. The molecule has 94 valence electrons. The van der Waals surface area contributed by atoms with Crippen LogP contribution in [0.1, 0.15) is 18.9 Å². The first-order valence-corrected chi connectivity index (χ1v) is 6.66. The van der Waals surface area contributed by atoms with E-state index in [0.717, 1.165) is 30.1 Å². The maximum absolute atomic E-state index is 9.85. The van der Waals surface area contributed by atoms with Crippen LogP contribution in [0.15, 0.2) is 18.2 Å². The number of likely N-dealkylation sites (tertiary alicyclic amines) is 1. The number of piperidine rings is 1. The average molecular weight is 274 g/mol. The summed E-state index contributed by atoms with van der Waals surface area (Å²) < 4.78 is 0. The standard InChI is InChI=1S/C13H17Cl2NO/c1-9-4-5-16(8-13(9)17)7-10-6-11(14)2-3-12(10)15/h2-3,6,9,13,17H,4-5,7-8H2,1H3. The first kappa shape index (κ1) is 13.2. The molecule has 17 heavy (non-hydrogen) atoms. The summed E-state index contributed by atoms with van der Waals surface area (Å²) in [5, 5.41) is 11.3. The maximum atomic E-state index is 9.85. The van der Waals surface area contributed by atoms with Crippen LogP contribution < -0.4 is 0 Å². The van der Waals surface area contributed by atoms with Gasteiger partial charge in [0.1, 0.15) is 0 Å². The number of β-amino-alcohol motifs (C(OH)–C–C–N with tert-alkyl or cyclic N) is 1. The van der Waals surface area contributed by atoms with E-state index in [1.165, 1.54) is 0 Å². The fraction of sp³-hybridized carbons (Fsp3) is 0.538. The highest BCUT2D eigenvalue weighted by Gasteiger charge is 2.24. The molecule has 2 atom stereocenters. The zero-order chi connectivity index (χ0) is 12.4. The number of aliphatic hydroxyl groups is 1. The van der Waals surface area contributed by atoms with Crippen LogP contribution in [0.2, 0.25) is 10.0 Å². The van der Waals surface area contributed by atoms with Crippen molar-refractivity contribution in [2.45, 2.75) is 26.0 Å². The lowest BCUT2D eigenvalue weighted by atomic mass is 9.96. The van der Waals surface area contributed by atoms with Crippen LogP contribution >= 0.6 is 23.2 Å². The summed E-state index contributed by atoms with van der Waals surface area (Å²) in [6.07, 6.45) is 0.793. The van der Waals surface area contributed by atoms with E-state index in [4.69, 9.17) is 23.2 Å². The van der Waals surface area contributed by atoms with Crippen molar-refractivity contribution in [3.63, 3.8) is 0 Å². The van der Waals surface area contributed by atoms with E-state index in [-0.39, 0.29) is 6.10 Å². The van der Waals surface area contributed by atoms with Gasteiger partial charge in [0, 0.05) is 23.1 Å². The van der Waals surface area contributed by atoms with Gasteiger partial charge < -0.3 is 5.11 Å². The second kappa shape index (κ2) is 5.57. The zero-order valence-corrected chi connectivity index (χ0v) is 11.4. The van der Waals surface area contributed by atoms with Gasteiger partial charge in [-0.15, -0.1) is 0 Å². The lowest BCUT2D eigenvalue weighted by Crippen LogP contribution is -2.42. The summed E-state index contributed by atoms with van der Waals surface area (Å²) in [4.78, 5) is 2.22. The van der Waals surface area contributed by atoms with Gasteiger partial charge in [0.15, 0.2) is 0 Å². The Balaban J connectivity index is 2.03. The van der Waals surface area contributed by atoms with Crippen LogP contribution in [-0.2, 0) is 6.54 Å². The highest BCUT2D eigenvalue weighted by atomic mass is 35.5. The number of hydrogen-bond donors (Lipinski definition) is 1. The summed E-state index contributed by atoms with van der Waals surface area (Å²) in [6.45, 7) is 4.56. The summed E-state index contributed by atoms with van der Waals surface area (Å²) in [6, 6.07) is 5.51. The molecular formula is C13H17Cl2NO. The Morgan fingerprint density at radius 1 is 1.41 bits per heavy atom. The molecule has 0 aromatic heterocycles. The number of nitrogens with zero attached hydrogens (tertiary/aromatic N) is 1. The SMILES string of the molecule is CC1CCN(Cc2cc(Cl)ccc2Cl)CC1O. The van der Waals surface area contributed by atoms with Crippen LogP contribution in [0.5, 0.6) is 0 Å². The molecule has 1 aromatic carbocycles. The maximum Gasteiger partial charge on any atom is 0.0693 e. The Morgan fingerprint density at radius 2 is 2.18 bits per heavy atom. The molecule has 1 aromatic rings. The van der Waals surface area contributed by atoms with E-state index < -0.39 is 0 Å². The molecule has 0 saturated carbocycles. The predicted octanol–water partition coefficient (Wildman–Crippen LogP) is 3.20. The molecule has 1 saturated heterocycles. The number of aliphatic hydroxyl groups excluding tert-OH is 1. The highest BCUT2D eigenvalue weighted by Crippen LogP contribution is 2.24. The Morgan fingerprint density at radius 3 is 2.88 bits per heavy atom. The molecule has 1 heterocycles. The topological polar surface area (TPSA) is 23.5 Å². The lowest BCUT2D eigenvalue weighted by Gasteiger charge is -2.34. The summed E-state index contributed by atoms with van der Waals surface area (Å²) >= 11 is 12.1. The van der Waals surface area contributed by atoms with Gasteiger partial charge in [0.25, 0.3) is 0 Å². The number of halogens is 2. The van der Waals surface area contributed by atoms with Crippen LogP contribution in [0.4, 0.5) is 0 Å². The van der Waals surface area contributed by atoms with Crippen LogP contribution in [0.25, 0.3) is 0 Å². The minimum atomic E-state index is -0.235. The smallest absolute Gasteiger partial charge is 0.0693 e. The van der Waals surface area contributed by atoms with E-state index in [9.17, 15) is 5.11 Å². The molecule has 4 heteroatoms. The lowest BCUT2D eigenvalue weighted by molar-refractivity contribution is 0.0259. The van der Waals surface area contributed by atoms with Gasteiger partial charge in [0.05, 0.1) is 6.10 Å². The van der Waals surface area contributed by atoms with E-state index in [0.29, 0.717) is 17.5 Å². The minimum absolute atomic E-state index is 0.235. The fourth-order valence-corrected chi connectivity index (χ4v) is 2.54. The van der Waals surface area contributed by atoms with Crippen molar-refractivity contribution in [3.8, 4) is 0 Å². The molecule has 1 N–H and O–H groups in total. The molecule has 1 aliphatic rings. The van der Waals surface area contributed by atoms with Gasteiger partial charge in [-0.25, -0.2) is 0 Å². The van der Waals surface area contributed by atoms with Crippen molar-refractivity contribution in [2.24, 2.45) is 5.92 Å². The van der Waals surface area contributed by atoms with Gasteiger partial charge in [0.2, 0.25) is 0 Å². The third kappa shape index (κ3) is 3.35. The molecule has 0 radical (unpaired) electrons. The minimum Gasteiger partial charge on any atom is -0.392 e. The number of hydrogen-bond acceptors (Lipinski definition) is 2. The van der Waals surface area contributed by atoms with Crippen molar-refractivity contribution in [1.29, 1.82) is 0 Å². The third-order valence-corrected chi connectivity index (χ3v) is 4.01. The molecule has 2 unspecified atom stereocenters. The number of benzene rings is 1. The molecular weight excluding hydrogens is 257 g/mol. The van der Waals surface area contributed by atoms with Crippen molar-refractivity contribution >= 4 is 23.2 Å². The molecule has 2 rings (SSSR count). The predicted molar refractivity (Wildman–Crippen MR) is 71.5 cm³/mol. The summed E-state index contributed by atoms with van der Waals surface area (Å²) in [7, 11) is 0. The highest BCUT2D eigenvalue weighted by molar-refractivity contribution is 6.33. The van der Waals surface area contributed by atoms with Gasteiger partial charge in [-0.1, -0.05) is 30.1 Å². The van der Waals surface area contributed by atoms with Crippen LogP contribution in [-0.4, -0.2) is 29.2 Å². The third-order valence-electron chi connectivity index (χ3n) is 3.40. The van der Waals surface area contributed by atoms with Crippen LogP contribution in [0, 0.1) is 5.92 Å². The van der Waals surface area contributed by atoms with Gasteiger partial charge in [-0.3, -0.25) is 4.90 Å². The molecule has 0 spiro atoms. The molecule has 0 aliphatic carbocycles. The van der Waals surface area contributed by atoms with E-state index >= 15 is 0 Å². The zero-order valence-electron chi connectivity index (χ0n) is 9.87.